The molecule has 1 saturated heterocycles. The Hall–Kier alpha value is -1.32. The highest BCUT2D eigenvalue weighted by Gasteiger charge is 2.21. The summed E-state index contributed by atoms with van der Waals surface area (Å²) in [6, 6.07) is 8.10. The number of hydrogen-bond donors (Lipinski definition) is 0. The topological polar surface area (TPSA) is 27.7 Å². The standard InChI is InChI=1S/C25H38O3/c1-3-4-5-7-21-9-11-22(12-10-21)8-6-17-26-24-15-13-23(14-16-24)25-27-18-20(2)19-28-25/h6,8,13-16,20-22,25H,3-5,7,9-12,17-19H2,1-2H3/b8-6+. The van der Waals surface area contributed by atoms with Gasteiger partial charge in [0.05, 0.1) is 13.2 Å². The van der Waals surface area contributed by atoms with E-state index >= 15 is 0 Å². The Labute approximate surface area is 171 Å². The van der Waals surface area contributed by atoms with Crippen LogP contribution >= 0.6 is 0 Å². The van der Waals surface area contributed by atoms with Crippen LogP contribution in [0.3, 0.4) is 0 Å². The summed E-state index contributed by atoms with van der Waals surface area (Å²) >= 11 is 0. The smallest absolute Gasteiger partial charge is 0.183 e. The lowest BCUT2D eigenvalue weighted by molar-refractivity contribution is -0.202. The quantitative estimate of drug-likeness (QED) is 0.349. The Morgan fingerprint density at radius 2 is 1.71 bits per heavy atom. The summed E-state index contributed by atoms with van der Waals surface area (Å²) in [7, 11) is 0. The molecule has 1 saturated carbocycles. The highest BCUT2D eigenvalue weighted by Crippen LogP contribution is 2.32. The molecule has 0 aromatic heterocycles. The van der Waals surface area contributed by atoms with E-state index in [0.29, 0.717) is 12.5 Å². The van der Waals surface area contributed by atoms with E-state index in [1.807, 2.05) is 24.3 Å². The number of unbranched alkanes of at least 4 members (excludes halogenated alkanes) is 2. The Morgan fingerprint density at radius 1 is 1.00 bits per heavy atom. The van der Waals surface area contributed by atoms with Crippen molar-refractivity contribution in [2.45, 2.75) is 71.5 Å². The predicted octanol–water partition coefficient (Wildman–Crippen LogP) is 6.69. The van der Waals surface area contributed by atoms with Gasteiger partial charge in [0, 0.05) is 11.5 Å². The van der Waals surface area contributed by atoms with Crippen molar-refractivity contribution in [1.82, 2.24) is 0 Å². The molecule has 2 fully saturated rings. The molecule has 0 N–H and O–H groups in total. The van der Waals surface area contributed by atoms with Crippen molar-refractivity contribution in [3.8, 4) is 5.75 Å². The average molecular weight is 387 g/mol. The van der Waals surface area contributed by atoms with Gasteiger partial charge in [0.1, 0.15) is 12.4 Å². The van der Waals surface area contributed by atoms with Crippen LogP contribution < -0.4 is 4.74 Å². The summed E-state index contributed by atoms with van der Waals surface area (Å²) < 4.78 is 17.4. The predicted molar refractivity (Wildman–Crippen MR) is 114 cm³/mol. The average Bonchev–Trinajstić information content (AvgIpc) is 2.73. The summed E-state index contributed by atoms with van der Waals surface area (Å²) in [5, 5.41) is 0. The van der Waals surface area contributed by atoms with Crippen LogP contribution in [0.2, 0.25) is 0 Å². The van der Waals surface area contributed by atoms with Gasteiger partial charge in [0.25, 0.3) is 0 Å². The van der Waals surface area contributed by atoms with Crippen molar-refractivity contribution in [3.63, 3.8) is 0 Å². The highest BCUT2D eigenvalue weighted by molar-refractivity contribution is 5.28. The zero-order valence-corrected chi connectivity index (χ0v) is 17.8. The third-order valence-electron chi connectivity index (χ3n) is 6.08. The fourth-order valence-electron chi connectivity index (χ4n) is 4.26. The van der Waals surface area contributed by atoms with Gasteiger partial charge in [-0.2, -0.15) is 0 Å². The van der Waals surface area contributed by atoms with Gasteiger partial charge in [-0.25, -0.2) is 0 Å². The maximum Gasteiger partial charge on any atom is 0.183 e. The number of hydrogen-bond acceptors (Lipinski definition) is 3. The maximum atomic E-state index is 5.87. The zero-order valence-electron chi connectivity index (χ0n) is 17.8. The molecule has 156 valence electrons. The van der Waals surface area contributed by atoms with Crippen LogP contribution in [0, 0.1) is 17.8 Å². The third kappa shape index (κ3) is 6.93. The van der Waals surface area contributed by atoms with Crippen molar-refractivity contribution in [2.75, 3.05) is 19.8 Å². The molecular weight excluding hydrogens is 348 g/mol. The molecule has 0 bridgehead atoms. The molecule has 0 radical (unpaired) electrons. The van der Waals surface area contributed by atoms with Gasteiger partial charge in [0.2, 0.25) is 0 Å². The van der Waals surface area contributed by atoms with Gasteiger partial charge in [0.15, 0.2) is 6.29 Å². The number of benzene rings is 1. The van der Waals surface area contributed by atoms with Gasteiger partial charge < -0.3 is 14.2 Å². The first-order chi connectivity index (χ1) is 13.7. The molecule has 28 heavy (non-hydrogen) atoms. The molecule has 0 amide bonds. The first-order valence-electron chi connectivity index (χ1n) is 11.4. The van der Waals surface area contributed by atoms with Gasteiger partial charge in [-0.3, -0.25) is 0 Å². The van der Waals surface area contributed by atoms with E-state index in [-0.39, 0.29) is 6.29 Å². The summed E-state index contributed by atoms with van der Waals surface area (Å²) in [4.78, 5) is 0. The van der Waals surface area contributed by atoms with Crippen LogP contribution in [0.5, 0.6) is 5.75 Å². The number of ether oxygens (including phenoxy) is 3. The molecule has 1 aliphatic heterocycles. The molecule has 3 heteroatoms. The minimum Gasteiger partial charge on any atom is -0.490 e. The van der Waals surface area contributed by atoms with Crippen LogP contribution in [-0.2, 0) is 9.47 Å². The monoisotopic (exact) mass is 386 g/mol. The first kappa shape index (κ1) is 21.4. The molecule has 0 unspecified atom stereocenters. The first-order valence-corrected chi connectivity index (χ1v) is 11.4. The molecular formula is C25H38O3. The lowest BCUT2D eigenvalue weighted by Crippen LogP contribution is -2.24. The van der Waals surface area contributed by atoms with Gasteiger partial charge in [-0.15, -0.1) is 0 Å². The summed E-state index contributed by atoms with van der Waals surface area (Å²) in [5.41, 5.74) is 1.06. The van der Waals surface area contributed by atoms with Crippen LogP contribution in [0.15, 0.2) is 36.4 Å². The normalized spacial score (nSPS) is 28.5. The van der Waals surface area contributed by atoms with Crippen molar-refractivity contribution in [3.05, 3.63) is 42.0 Å². The number of allylic oxidation sites excluding steroid dienone is 1. The van der Waals surface area contributed by atoms with E-state index in [4.69, 9.17) is 14.2 Å². The summed E-state index contributed by atoms with van der Waals surface area (Å²) in [6.07, 6.45) is 15.5. The van der Waals surface area contributed by atoms with E-state index in [9.17, 15) is 0 Å². The largest absolute Gasteiger partial charge is 0.490 e. The van der Waals surface area contributed by atoms with E-state index in [2.05, 4.69) is 26.0 Å². The minimum absolute atomic E-state index is 0.234. The minimum atomic E-state index is -0.234. The molecule has 0 spiro atoms. The van der Waals surface area contributed by atoms with Crippen molar-refractivity contribution in [2.24, 2.45) is 17.8 Å². The Bertz CT molecular complexity index is 564. The van der Waals surface area contributed by atoms with E-state index in [1.165, 1.54) is 51.4 Å². The van der Waals surface area contributed by atoms with E-state index < -0.39 is 0 Å². The van der Waals surface area contributed by atoms with Crippen LogP contribution in [-0.4, -0.2) is 19.8 Å². The Balaban J connectivity index is 1.33. The van der Waals surface area contributed by atoms with Crippen molar-refractivity contribution < 1.29 is 14.2 Å². The summed E-state index contributed by atoms with van der Waals surface area (Å²) in [5.74, 6) is 3.10. The van der Waals surface area contributed by atoms with Crippen molar-refractivity contribution >= 4 is 0 Å². The molecule has 1 aliphatic carbocycles. The SMILES string of the molecule is CCCCCC1CCC(/C=C/COc2ccc(C3OCC(C)CO3)cc2)CC1. The van der Waals surface area contributed by atoms with Crippen LogP contribution in [0.25, 0.3) is 0 Å². The van der Waals surface area contributed by atoms with E-state index in [0.717, 1.165) is 36.4 Å². The third-order valence-corrected chi connectivity index (χ3v) is 6.08. The van der Waals surface area contributed by atoms with Crippen LogP contribution in [0.1, 0.15) is 77.1 Å². The molecule has 0 atom stereocenters. The van der Waals surface area contributed by atoms with Crippen molar-refractivity contribution in [1.29, 1.82) is 0 Å². The lowest BCUT2D eigenvalue weighted by atomic mass is 9.79. The molecule has 1 heterocycles. The van der Waals surface area contributed by atoms with Crippen LogP contribution in [0.4, 0.5) is 0 Å². The fraction of sp³-hybridized carbons (Fsp3) is 0.680. The lowest BCUT2D eigenvalue weighted by Gasteiger charge is -2.27. The second-order valence-corrected chi connectivity index (χ2v) is 8.69. The van der Waals surface area contributed by atoms with Gasteiger partial charge >= 0.3 is 0 Å². The maximum absolute atomic E-state index is 5.87. The Morgan fingerprint density at radius 3 is 2.39 bits per heavy atom. The second-order valence-electron chi connectivity index (χ2n) is 8.69. The summed E-state index contributed by atoms with van der Waals surface area (Å²) in [6.45, 7) is 6.59. The van der Waals surface area contributed by atoms with Gasteiger partial charge in [-0.05, 0) is 49.7 Å². The molecule has 2 aliphatic rings. The number of rotatable bonds is 9. The highest BCUT2D eigenvalue weighted by atomic mass is 16.7. The fourth-order valence-corrected chi connectivity index (χ4v) is 4.26. The van der Waals surface area contributed by atoms with Gasteiger partial charge in [-0.1, -0.05) is 63.8 Å². The molecule has 1 aromatic carbocycles. The second kappa shape index (κ2) is 11.6. The molecule has 3 rings (SSSR count). The van der Waals surface area contributed by atoms with E-state index in [1.54, 1.807) is 0 Å². The molecule has 3 nitrogen and oxygen atoms in total. The molecule has 1 aromatic rings. The Kier molecular flexibility index (Phi) is 8.88. The zero-order chi connectivity index (χ0) is 19.6.